The lowest BCUT2D eigenvalue weighted by atomic mass is 10.4. The molecule has 0 spiro atoms. The van der Waals surface area contributed by atoms with Crippen molar-refractivity contribution in [2.75, 3.05) is 0 Å². The van der Waals surface area contributed by atoms with Gasteiger partial charge in [0.1, 0.15) is 0 Å². The zero-order valence-corrected chi connectivity index (χ0v) is 9.10. The number of hydrogen-bond donors (Lipinski definition) is 3. The predicted octanol–water partition coefficient (Wildman–Crippen LogP) is 2.36. The van der Waals surface area contributed by atoms with E-state index in [9.17, 15) is 0 Å². The molecule has 0 aromatic heterocycles. The highest BCUT2D eigenvalue weighted by Gasteiger charge is 1.76. The van der Waals surface area contributed by atoms with Crippen LogP contribution in [0.3, 0.4) is 0 Å². The lowest BCUT2D eigenvalue weighted by molar-refractivity contribution is 0.368. The molecule has 0 aliphatic heterocycles. The second-order valence-corrected chi connectivity index (χ2v) is 3.22. The molecule has 0 fully saturated rings. The molecule has 0 saturated carbocycles. The second-order valence-electron chi connectivity index (χ2n) is 2.68. The molecule has 0 radical (unpaired) electrons. The Labute approximate surface area is 76.1 Å². The van der Waals surface area contributed by atoms with Crippen LogP contribution in [-0.2, 0) is 0 Å². The largest absolute Gasteiger partial charge is 0.328 e. The number of allylic oxidation sites excluding steroid dienone is 2. The van der Waals surface area contributed by atoms with Crippen molar-refractivity contribution < 1.29 is 14.7 Å². The molecular formula is C8H19O3P. The fraction of sp³-hybridized carbons (Fsp3) is 0.500. The lowest BCUT2D eigenvalue weighted by Crippen LogP contribution is -1.54. The van der Waals surface area contributed by atoms with E-state index in [2.05, 4.69) is 13.2 Å². The van der Waals surface area contributed by atoms with Crippen LogP contribution < -0.4 is 0 Å². The van der Waals surface area contributed by atoms with E-state index < -0.39 is 8.60 Å². The van der Waals surface area contributed by atoms with E-state index in [0.717, 1.165) is 0 Å². The van der Waals surface area contributed by atoms with Crippen molar-refractivity contribution in [3.63, 3.8) is 0 Å². The first-order valence-electron chi connectivity index (χ1n) is 3.31. The van der Waals surface area contributed by atoms with Crippen LogP contribution in [0.1, 0.15) is 27.7 Å². The van der Waals surface area contributed by atoms with Crippen molar-refractivity contribution >= 4 is 8.60 Å². The van der Waals surface area contributed by atoms with Gasteiger partial charge in [-0.2, -0.15) is 0 Å². The number of hydrogen-bond acceptors (Lipinski definition) is 3. The van der Waals surface area contributed by atoms with Gasteiger partial charge in [-0.15, -0.1) is 13.2 Å². The maximum Gasteiger partial charge on any atom is 0.324 e. The minimum atomic E-state index is -2.62. The van der Waals surface area contributed by atoms with Gasteiger partial charge in [0.15, 0.2) is 0 Å². The van der Waals surface area contributed by atoms with E-state index >= 15 is 0 Å². The first-order chi connectivity index (χ1) is 5.20. The minimum absolute atomic E-state index is 1.17. The number of rotatable bonds is 0. The van der Waals surface area contributed by atoms with Crippen LogP contribution in [0.15, 0.2) is 24.3 Å². The van der Waals surface area contributed by atoms with Crippen LogP contribution in [0.4, 0.5) is 0 Å². The Morgan fingerprint density at radius 3 is 0.833 bits per heavy atom. The van der Waals surface area contributed by atoms with E-state index in [1.807, 2.05) is 27.7 Å². The summed E-state index contributed by atoms with van der Waals surface area (Å²) in [5.74, 6) is 0. The molecule has 0 atom stereocenters. The zero-order valence-electron chi connectivity index (χ0n) is 8.20. The van der Waals surface area contributed by atoms with E-state index in [1.165, 1.54) is 11.1 Å². The molecule has 0 amide bonds. The molecule has 12 heavy (non-hydrogen) atoms. The molecule has 0 heterocycles. The third kappa shape index (κ3) is 17200. The highest BCUT2D eigenvalue weighted by Crippen LogP contribution is 2.11. The van der Waals surface area contributed by atoms with Gasteiger partial charge < -0.3 is 14.7 Å². The van der Waals surface area contributed by atoms with Gasteiger partial charge in [-0.3, -0.25) is 0 Å². The van der Waals surface area contributed by atoms with Crippen molar-refractivity contribution in [3.8, 4) is 0 Å². The highest BCUT2D eigenvalue weighted by atomic mass is 31.2. The topological polar surface area (TPSA) is 60.7 Å². The van der Waals surface area contributed by atoms with Crippen molar-refractivity contribution in [1.82, 2.24) is 0 Å². The molecule has 0 rings (SSSR count). The summed E-state index contributed by atoms with van der Waals surface area (Å²) in [6, 6.07) is 0. The summed E-state index contributed by atoms with van der Waals surface area (Å²) in [6.07, 6.45) is 0. The van der Waals surface area contributed by atoms with Gasteiger partial charge in [0.2, 0.25) is 0 Å². The van der Waals surface area contributed by atoms with Crippen LogP contribution in [-0.4, -0.2) is 14.7 Å². The standard InChI is InChI=1S/2C4H8.H3O3P/c3*1-4(2)3/h2*1H2,2-3H3;1-3H. The molecule has 3 N–H and O–H groups in total. The van der Waals surface area contributed by atoms with Crippen LogP contribution in [0.25, 0.3) is 0 Å². The molecule has 74 valence electrons. The van der Waals surface area contributed by atoms with Crippen LogP contribution in [0, 0.1) is 0 Å². The molecule has 4 heteroatoms. The average Bonchev–Trinajstić information content (AvgIpc) is 1.54. The Hall–Kier alpha value is -0.210. The smallest absolute Gasteiger partial charge is 0.324 e. The van der Waals surface area contributed by atoms with Gasteiger partial charge in [-0.05, 0) is 27.7 Å². The van der Waals surface area contributed by atoms with E-state index in [0.29, 0.717) is 0 Å². The third-order valence-electron chi connectivity index (χ3n) is 0. The SMILES string of the molecule is C=C(C)C.C=C(C)C.OP(O)O. The third-order valence-corrected chi connectivity index (χ3v) is 0. The normalized spacial score (nSPS) is 7.33. The Kier molecular flexibility index (Phi) is 19.8. The summed E-state index contributed by atoms with van der Waals surface area (Å²) in [5.41, 5.74) is 2.33. The summed E-state index contributed by atoms with van der Waals surface area (Å²) >= 11 is 0. The molecule has 0 aromatic rings. The van der Waals surface area contributed by atoms with Crippen molar-refractivity contribution in [2.24, 2.45) is 0 Å². The summed E-state index contributed by atoms with van der Waals surface area (Å²) in [7, 11) is -2.62. The van der Waals surface area contributed by atoms with Crippen LogP contribution in [0.5, 0.6) is 0 Å². The van der Waals surface area contributed by atoms with E-state index in [4.69, 9.17) is 14.7 Å². The molecule has 0 aliphatic carbocycles. The summed E-state index contributed by atoms with van der Waals surface area (Å²) < 4.78 is 0. The molecular weight excluding hydrogens is 175 g/mol. The van der Waals surface area contributed by atoms with Crippen molar-refractivity contribution in [1.29, 1.82) is 0 Å². The minimum Gasteiger partial charge on any atom is -0.328 e. The first kappa shape index (κ1) is 17.8. The summed E-state index contributed by atoms with van der Waals surface area (Å²) in [6.45, 7) is 15.0. The first-order valence-corrected chi connectivity index (χ1v) is 4.51. The van der Waals surface area contributed by atoms with Crippen LogP contribution in [0.2, 0.25) is 0 Å². The molecule has 0 bridgehead atoms. The van der Waals surface area contributed by atoms with Gasteiger partial charge in [0.05, 0.1) is 0 Å². The predicted molar refractivity (Wildman–Crippen MR) is 54.6 cm³/mol. The lowest BCUT2D eigenvalue weighted by Gasteiger charge is -1.76. The fourth-order valence-electron chi connectivity index (χ4n) is 0. The van der Waals surface area contributed by atoms with Crippen molar-refractivity contribution in [3.05, 3.63) is 24.3 Å². The van der Waals surface area contributed by atoms with Gasteiger partial charge in [0, 0.05) is 0 Å². The monoisotopic (exact) mass is 194 g/mol. The quantitative estimate of drug-likeness (QED) is 0.409. The molecule has 0 unspecified atom stereocenters. The Morgan fingerprint density at radius 2 is 0.833 bits per heavy atom. The van der Waals surface area contributed by atoms with Gasteiger partial charge >= 0.3 is 8.60 Å². The molecule has 0 aliphatic rings. The van der Waals surface area contributed by atoms with Crippen molar-refractivity contribution in [2.45, 2.75) is 27.7 Å². The molecule has 0 saturated heterocycles. The molecule has 3 nitrogen and oxygen atoms in total. The van der Waals surface area contributed by atoms with Gasteiger partial charge in [0.25, 0.3) is 0 Å². The fourth-order valence-corrected chi connectivity index (χ4v) is 0. The van der Waals surface area contributed by atoms with Gasteiger partial charge in [-0.1, -0.05) is 11.1 Å². The highest BCUT2D eigenvalue weighted by molar-refractivity contribution is 7.38. The second kappa shape index (κ2) is 13.4. The van der Waals surface area contributed by atoms with E-state index in [1.54, 1.807) is 0 Å². The summed E-state index contributed by atoms with van der Waals surface area (Å²) in [5, 5.41) is 0. The summed E-state index contributed by atoms with van der Waals surface area (Å²) in [4.78, 5) is 21.7. The Balaban J connectivity index is -0.000000101. The maximum absolute atomic E-state index is 7.23. The van der Waals surface area contributed by atoms with Crippen LogP contribution >= 0.6 is 8.60 Å². The van der Waals surface area contributed by atoms with Gasteiger partial charge in [-0.25, -0.2) is 0 Å². The zero-order chi connectivity index (χ0) is 10.7. The van der Waals surface area contributed by atoms with E-state index in [-0.39, 0.29) is 0 Å². The average molecular weight is 194 g/mol. The Bertz CT molecular complexity index is 98.7. The maximum atomic E-state index is 7.23. The Morgan fingerprint density at radius 1 is 0.833 bits per heavy atom. The molecule has 0 aromatic carbocycles.